The van der Waals surface area contributed by atoms with Crippen molar-refractivity contribution in [2.75, 3.05) is 0 Å². The van der Waals surface area contributed by atoms with Gasteiger partial charge >= 0.3 is 0 Å². The van der Waals surface area contributed by atoms with Gasteiger partial charge in [-0.1, -0.05) is 31.4 Å². The number of hydrogen-bond acceptors (Lipinski definition) is 3. The Morgan fingerprint density at radius 1 is 1.47 bits per heavy atom. The van der Waals surface area contributed by atoms with E-state index < -0.39 is 0 Å². The summed E-state index contributed by atoms with van der Waals surface area (Å²) in [4.78, 5) is 0. The maximum atomic E-state index is 5.65. The standard InChI is InChI=1S/C11H20N4/c1-2-3-11-10(8-12)13-14-15(11)7-6-9-4-5-9/h9H,2-8,12H2,1H3. The predicted octanol–water partition coefficient (Wildman–Crippen LogP) is 1.49. The molecule has 1 aromatic heterocycles. The van der Waals surface area contributed by atoms with Crippen LogP contribution in [0.2, 0.25) is 0 Å². The summed E-state index contributed by atoms with van der Waals surface area (Å²) in [6.07, 6.45) is 6.24. The average molecular weight is 208 g/mol. The molecule has 0 aromatic carbocycles. The van der Waals surface area contributed by atoms with Gasteiger partial charge in [0.25, 0.3) is 0 Å². The van der Waals surface area contributed by atoms with E-state index in [2.05, 4.69) is 21.9 Å². The van der Waals surface area contributed by atoms with Crippen molar-refractivity contribution < 1.29 is 0 Å². The molecule has 0 saturated heterocycles. The minimum atomic E-state index is 0.513. The van der Waals surface area contributed by atoms with E-state index in [9.17, 15) is 0 Å². The summed E-state index contributed by atoms with van der Waals surface area (Å²) in [5, 5.41) is 8.33. The second kappa shape index (κ2) is 4.75. The fourth-order valence-corrected chi connectivity index (χ4v) is 1.93. The van der Waals surface area contributed by atoms with Crippen molar-refractivity contribution in [1.82, 2.24) is 15.0 Å². The lowest BCUT2D eigenvalue weighted by Crippen LogP contribution is -2.08. The van der Waals surface area contributed by atoms with Crippen molar-refractivity contribution in [2.45, 2.75) is 52.1 Å². The molecular formula is C11H20N4. The van der Waals surface area contributed by atoms with E-state index >= 15 is 0 Å². The van der Waals surface area contributed by atoms with Gasteiger partial charge in [0.1, 0.15) is 0 Å². The van der Waals surface area contributed by atoms with Crippen LogP contribution in [0.4, 0.5) is 0 Å². The van der Waals surface area contributed by atoms with Crippen LogP contribution in [0.5, 0.6) is 0 Å². The fourth-order valence-electron chi connectivity index (χ4n) is 1.93. The van der Waals surface area contributed by atoms with Crippen LogP contribution >= 0.6 is 0 Å². The normalized spacial score (nSPS) is 15.9. The van der Waals surface area contributed by atoms with Gasteiger partial charge in [0.2, 0.25) is 0 Å². The predicted molar refractivity (Wildman–Crippen MR) is 59.2 cm³/mol. The molecule has 0 unspecified atom stereocenters. The van der Waals surface area contributed by atoms with E-state index in [0.717, 1.165) is 31.0 Å². The molecule has 4 heteroatoms. The number of hydrogen-bond donors (Lipinski definition) is 1. The van der Waals surface area contributed by atoms with E-state index in [1.54, 1.807) is 0 Å². The zero-order chi connectivity index (χ0) is 10.7. The summed E-state index contributed by atoms with van der Waals surface area (Å²) in [5.74, 6) is 0.949. The zero-order valence-corrected chi connectivity index (χ0v) is 9.45. The lowest BCUT2D eigenvalue weighted by atomic mass is 10.2. The van der Waals surface area contributed by atoms with Crippen LogP contribution in [0.1, 0.15) is 44.0 Å². The highest BCUT2D eigenvalue weighted by Crippen LogP contribution is 2.32. The van der Waals surface area contributed by atoms with Crippen molar-refractivity contribution in [1.29, 1.82) is 0 Å². The van der Waals surface area contributed by atoms with Crippen LogP contribution in [0.15, 0.2) is 0 Å². The molecule has 1 aliphatic carbocycles. The minimum Gasteiger partial charge on any atom is -0.325 e. The first-order valence-corrected chi connectivity index (χ1v) is 5.96. The molecule has 0 aliphatic heterocycles. The van der Waals surface area contributed by atoms with Crippen LogP contribution in [-0.2, 0) is 19.5 Å². The van der Waals surface area contributed by atoms with Crippen LogP contribution in [0, 0.1) is 5.92 Å². The van der Waals surface area contributed by atoms with Gasteiger partial charge in [-0.3, -0.25) is 0 Å². The summed E-state index contributed by atoms with van der Waals surface area (Å²) in [6.45, 7) is 3.71. The quantitative estimate of drug-likeness (QED) is 0.770. The number of aryl methyl sites for hydroxylation is 1. The van der Waals surface area contributed by atoms with E-state index in [1.807, 2.05) is 0 Å². The Bertz CT molecular complexity index is 314. The molecule has 1 heterocycles. The van der Waals surface area contributed by atoms with Gasteiger partial charge in [0.05, 0.1) is 11.4 Å². The number of nitrogens with zero attached hydrogens (tertiary/aromatic N) is 3. The maximum Gasteiger partial charge on any atom is 0.0994 e. The molecule has 15 heavy (non-hydrogen) atoms. The Hall–Kier alpha value is -0.900. The van der Waals surface area contributed by atoms with Gasteiger partial charge in [0, 0.05) is 13.1 Å². The lowest BCUT2D eigenvalue weighted by Gasteiger charge is -2.05. The Morgan fingerprint density at radius 2 is 2.27 bits per heavy atom. The second-order valence-electron chi connectivity index (χ2n) is 4.39. The smallest absolute Gasteiger partial charge is 0.0994 e. The number of nitrogens with two attached hydrogens (primary N) is 1. The van der Waals surface area contributed by atoms with Crippen LogP contribution in [0.25, 0.3) is 0 Å². The summed E-state index contributed by atoms with van der Waals surface area (Å²) >= 11 is 0. The number of rotatable bonds is 6. The summed E-state index contributed by atoms with van der Waals surface area (Å²) in [7, 11) is 0. The van der Waals surface area contributed by atoms with Gasteiger partial charge in [-0.05, 0) is 18.8 Å². The fraction of sp³-hybridized carbons (Fsp3) is 0.818. The van der Waals surface area contributed by atoms with E-state index in [4.69, 9.17) is 5.73 Å². The van der Waals surface area contributed by atoms with E-state index in [-0.39, 0.29) is 0 Å². The highest BCUT2D eigenvalue weighted by atomic mass is 15.4. The monoisotopic (exact) mass is 208 g/mol. The Balaban J connectivity index is 2.02. The topological polar surface area (TPSA) is 56.7 Å². The molecule has 4 nitrogen and oxygen atoms in total. The molecule has 1 fully saturated rings. The summed E-state index contributed by atoms with van der Waals surface area (Å²) in [5.41, 5.74) is 7.88. The third kappa shape index (κ3) is 2.56. The van der Waals surface area contributed by atoms with Crippen LogP contribution in [0.3, 0.4) is 0 Å². The van der Waals surface area contributed by atoms with Crippen molar-refractivity contribution in [3.05, 3.63) is 11.4 Å². The maximum absolute atomic E-state index is 5.65. The molecule has 2 N–H and O–H groups in total. The van der Waals surface area contributed by atoms with Gasteiger partial charge in [0.15, 0.2) is 0 Å². The first-order chi connectivity index (χ1) is 7.35. The third-order valence-electron chi connectivity index (χ3n) is 3.04. The Kier molecular flexibility index (Phi) is 3.36. The Labute approximate surface area is 90.8 Å². The first kappa shape index (κ1) is 10.6. The molecule has 2 rings (SSSR count). The van der Waals surface area contributed by atoms with Gasteiger partial charge in [-0.2, -0.15) is 0 Å². The van der Waals surface area contributed by atoms with Crippen LogP contribution in [-0.4, -0.2) is 15.0 Å². The average Bonchev–Trinajstić information content (AvgIpc) is 2.99. The summed E-state index contributed by atoms with van der Waals surface area (Å²) < 4.78 is 2.06. The van der Waals surface area contributed by atoms with Gasteiger partial charge in [-0.15, -0.1) is 5.10 Å². The molecule has 1 aliphatic rings. The summed E-state index contributed by atoms with van der Waals surface area (Å²) in [6, 6.07) is 0. The zero-order valence-electron chi connectivity index (χ0n) is 9.45. The van der Waals surface area contributed by atoms with E-state index in [0.29, 0.717) is 6.54 Å². The SMILES string of the molecule is CCCc1c(CN)nnn1CCC1CC1. The second-order valence-corrected chi connectivity index (χ2v) is 4.39. The molecule has 0 spiro atoms. The first-order valence-electron chi connectivity index (χ1n) is 5.96. The largest absolute Gasteiger partial charge is 0.325 e. The van der Waals surface area contributed by atoms with Crippen molar-refractivity contribution in [2.24, 2.45) is 11.7 Å². The lowest BCUT2D eigenvalue weighted by molar-refractivity contribution is 0.512. The minimum absolute atomic E-state index is 0.513. The Morgan fingerprint density at radius 3 is 2.87 bits per heavy atom. The molecule has 0 bridgehead atoms. The van der Waals surface area contributed by atoms with E-state index in [1.165, 1.54) is 25.0 Å². The van der Waals surface area contributed by atoms with Crippen LogP contribution < -0.4 is 5.73 Å². The van der Waals surface area contributed by atoms with Crippen molar-refractivity contribution in [3.63, 3.8) is 0 Å². The van der Waals surface area contributed by atoms with Gasteiger partial charge in [-0.25, -0.2) is 4.68 Å². The molecule has 84 valence electrons. The molecule has 0 radical (unpaired) electrons. The molecule has 1 aromatic rings. The molecular weight excluding hydrogens is 188 g/mol. The van der Waals surface area contributed by atoms with Crippen molar-refractivity contribution >= 4 is 0 Å². The molecule has 0 amide bonds. The third-order valence-corrected chi connectivity index (χ3v) is 3.04. The number of aromatic nitrogens is 3. The van der Waals surface area contributed by atoms with Crippen molar-refractivity contribution in [3.8, 4) is 0 Å². The highest BCUT2D eigenvalue weighted by Gasteiger charge is 2.21. The van der Waals surface area contributed by atoms with Gasteiger partial charge < -0.3 is 5.73 Å². The molecule has 1 saturated carbocycles. The highest BCUT2D eigenvalue weighted by molar-refractivity contribution is 5.09. The molecule has 0 atom stereocenters.